The number of carboxylic acid groups (broad SMARTS) is 1. The van der Waals surface area contributed by atoms with Crippen LogP contribution in [0.4, 0.5) is 4.39 Å². The second-order valence-corrected chi connectivity index (χ2v) is 6.21. The Morgan fingerprint density at radius 3 is 2.35 bits per heavy atom. The molecule has 0 aliphatic heterocycles. The number of carbonyl (C=O) groups is 1. The lowest BCUT2D eigenvalue weighted by Crippen LogP contribution is -2.52. The molecule has 0 aliphatic carbocycles. The van der Waals surface area contributed by atoms with Gasteiger partial charge in [0.25, 0.3) is 0 Å². The van der Waals surface area contributed by atoms with Crippen LogP contribution < -0.4 is 5.32 Å². The summed E-state index contributed by atoms with van der Waals surface area (Å²) >= 11 is 0. The van der Waals surface area contributed by atoms with Crippen molar-refractivity contribution in [2.75, 3.05) is 6.61 Å². The molecule has 4 nitrogen and oxygen atoms in total. The molecular weight excluding hydrogens is 261 g/mol. The molecule has 1 atom stereocenters. The highest BCUT2D eigenvalue weighted by Crippen LogP contribution is 2.26. The predicted molar refractivity (Wildman–Crippen MR) is 75.1 cm³/mol. The zero-order chi connectivity index (χ0) is 15.6. The topological polar surface area (TPSA) is 69.6 Å². The summed E-state index contributed by atoms with van der Waals surface area (Å²) in [4.78, 5) is 11.1. The minimum absolute atomic E-state index is 0.243. The van der Waals surface area contributed by atoms with E-state index < -0.39 is 18.1 Å². The lowest BCUT2D eigenvalue weighted by Gasteiger charge is -2.25. The number of nitrogens with one attached hydrogen (secondary N) is 1. The number of hydrogen-bond donors (Lipinski definition) is 3. The number of carboxylic acids is 1. The van der Waals surface area contributed by atoms with E-state index in [1.165, 1.54) is 13.0 Å². The fraction of sp³-hybridized carbons (Fsp3) is 0.533. The molecular formula is C15H22FNO3. The van der Waals surface area contributed by atoms with Gasteiger partial charge in [-0.2, -0.15) is 0 Å². The third kappa shape index (κ3) is 3.77. The standard InChI is InChI=1S/C15H22FNO3/c1-14(2,3)11-7-10(5-6-12(11)16)8-17-15(4,9-18)13(19)20/h5-7,17-18H,8-9H2,1-4H3,(H,19,20). The fourth-order valence-corrected chi connectivity index (χ4v) is 1.75. The monoisotopic (exact) mass is 283 g/mol. The van der Waals surface area contributed by atoms with E-state index in [1.54, 1.807) is 12.1 Å². The predicted octanol–water partition coefficient (Wildman–Crippen LogP) is 2.05. The van der Waals surface area contributed by atoms with E-state index in [2.05, 4.69) is 5.32 Å². The molecule has 5 heteroatoms. The number of aliphatic hydroxyl groups is 1. The highest BCUT2D eigenvalue weighted by Gasteiger charge is 2.31. The lowest BCUT2D eigenvalue weighted by molar-refractivity contribution is -0.145. The molecule has 0 amide bonds. The highest BCUT2D eigenvalue weighted by atomic mass is 19.1. The first-order valence-electron chi connectivity index (χ1n) is 6.48. The van der Waals surface area contributed by atoms with Gasteiger partial charge in [0.1, 0.15) is 11.4 Å². The zero-order valence-corrected chi connectivity index (χ0v) is 12.3. The molecule has 20 heavy (non-hydrogen) atoms. The molecule has 0 fully saturated rings. The van der Waals surface area contributed by atoms with Gasteiger partial charge in [0.2, 0.25) is 0 Å². The van der Waals surface area contributed by atoms with Crippen LogP contribution in [0.3, 0.4) is 0 Å². The van der Waals surface area contributed by atoms with Crippen molar-refractivity contribution in [3.8, 4) is 0 Å². The third-order valence-electron chi connectivity index (χ3n) is 3.31. The minimum atomic E-state index is -1.41. The summed E-state index contributed by atoms with van der Waals surface area (Å²) in [5, 5.41) is 21.0. The summed E-state index contributed by atoms with van der Waals surface area (Å²) in [5.74, 6) is -1.40. The first-order valence-corrected chi connectivity index (χ1v) is 6.48. The van der Waals surface area contributed by atoms with Crippen molar-refractivity contribution in [3.05, 3.63) is 35.1 Å². The van der Waals surface area contributed by atoms with Gasteiger partial charge < -0.3 is 10.2 Å². The molecule has 1 aromatic carbocycles. The van der Waals surface area contributed by atoms with Crippen molar-refractivity contribution in [2.24, 2.45) is 0 Å². The average molecular weight is 283 g/mol. The van der Waals surface area contributed by atoms with Crippen LogP contribution in [0.25, 0.3) is 0 Å². The van der Waals surface area contributed by atoms with Crippen LogP contribution in [-0.4, -0.2) is 28.3 Å². The molecule has 112 valence electrons. The normalized spacial score (nSPS) is 14.9. The van der Waals surface area contributed by atoms with E-state index in [9.17, 15) is 9.18 Å². The Hall–Kier alpha value is -1.46. The number of aliphatic carboxylic acids is 1. The molecule has 3 N–H and O–H groups in total. The van der Waals surface area contributed by atoms with E-state index in [4.69, 9.17) is 10.2 Å². The largest absolute Gasteiger partial charge is 0.480 e. The fourth-order valence-electron chi connectivity index (χ4n) is 1.75. The minimum Gasteiger partial charge on any atom is -0.480 e. The van der Waals surface area contributed by atoms with Crippen molar-refractivity contribution < 1.29 is 19.4 Å². The summed E-state index contributed by atoms with van der Waals surface area (Å²) < 4.78 is 13.8. The Morgan fingerprint density at radius 2 is 1.90 bits per heavy atom. The molecule has 0 saturated carbocycles. The average Bonchev–Trinajstić information content (AvgIpc) is 2.35. The van der Waals surface area contributed by atoms with Crippen molar-refractivity contribution in [1.82, 2.24) is 5.32 Å². The number of halogens is 1. The van der Waals surface area contributed by atoms with E-state index in [1.807, 2.05) is 20.8 Å². The molecule has 1 aromatic rings. The van der Waals surface area contributed by atoms with Gasteiger partial charge in [0.05, 0.1) is 6.61 Å². The van der Waals surface area contributed by atoms with E-state index in [0.29, 0.717) is 5.56 Å². The maximum Gasteiger partial charge on any atom is 0.326 e. The van der Waals surface area contributed by atoms with E-state index in [0.717, 1.165) is 5.56 Å². The summed E-state index contributed by atoms with van der Waals surface area (Å²) in [6, 6.07) is 4.72. The van der Waals surface area contributed by atoms with Gasteiger partial charge in [0, 0.05) is 6.54 Å². The van der Waals surface area contributed by atoms with Gasteiger partial charge in [-0.05, 0) is 29.5 Å². The lowest BCUT2D eigenvalue weighted by atomic mass is 9.85. The summed E-state index contributed by atoms with van der Waals surface area (Å²) in [5.41, 5.74) is -0.376. The maximum atomic E-state index is 13.8. The second-order valence-electron chi connectivity index (χ2n) is 6.21. The molecule has 0 spiro atoms. The van der Waals surface area contributed by atoms with Crippen molar-refractivity contribution in [1.29, 1.82) is 0 Å². The van der Waals surface area contributed by atoms with Crippen molar-refractivity contribution in [3.63, 3.8) is 0 Å². The van der Waals surface area contributed by atoms with E-state index >= 15 is 0 Å². The van der Waals surface area contributed by atoms with Crippen LogP contribution in [0, 0.1) is 5.82 Å². The number of rotatable bonds is 5. The SMILES string of the molecule is CC(CO)(NCc1ccc(F)c(C(C)(C)C)c1)C(=O)O. The Kier molecular flexibility index (Phi) is 4.89. The second kappa shape index (κ2) is 5.89. The van der Waals surface area contributed by atoms with Gasteiger partial charge in [-0.3, -0.25) is 10.1 Å². The van der Waals surface area contributed by atoms with Crippen LogP contribution >= 0.6 is 0 Å². The quantitative estimate of drug-likeness (QED) is 0.773. The molecule has 0 saturated heterocycles. The van der Waals surface area contributed by atoms with Gasteiger partial charge in [-0.25, -0.2) is 4.39 Å². The zero-order valence-electron chi connectivity index (χ0n) is 12.3. The molecule has 0 aliphatic rings. The van der Waals surface area contributed by atoms with Gasteiger partial charge in [-0.1, -0.05) is 32.9 Å². The first kappa shape index (κ1) is 16.6. The van der Waals surface area contributed by atoms with Crippen LogP contribution in [-0.2, 0) is 16.8 Å². The van der Waals surface area contributed by atoms with E-state index in [-0.39, 0.29) is 17.8 Å². The first-order chi connectivity index (χ1) is 9.10. The molecule has 0 aromatic heterocycles. The van der Waals surface area contributed by atoms with Crippen LogP contribution in [0.15, 0.2) is 18.2 Å². The highest BCUT2D eigenvalue weighted by molar-refractivity contribution is 5.78. The van der Waals surface area contributed by atoms with Crippen LogP contribution in [0.1, 0.15) is 38.8 Å². The molecule has 0 bridgehead atoms. The molecule has 0 radical (unpaired) electrons. The van der Waals surface area contributed by atoms with Gasteiger partial charge >= 0.3 is 5.97 Å². The molecule has 1 unspecified atom stereocenters. The van der Waals surface area contributed by atoms with Gasteiger partial charge in [0.15, 0.2) is 0 Å². The summed E-state index contributed by atoms with van der Waals surface area (Å²) in [6.07, 6.45) is 0. The summed E-state index contributed by atoms with van der Waals surface area (Å²) in [7, 11) is 0. The number of hydrogen-bond acceptors (Lipinski definition) is 3. The maximum absolute atomic E-state index is 13.8. The van der Waals surface area contributed by atoms with Crippen molar-refractivity contribution in [2.45, 2.75) is 45.2 Å². The molecule has 0 heterocycles. The smallest absolute Gasteiger partial charge is 0.326 e. The number of aliphatic hydroxyl groups excluding tert-OH is 1. The van der Waals surface area contributed by atoms with Crippen LogP contribution in [0.2, 0.25) is 0 Å². The van der Waals surface area contributed by atoms with Gasteiger partial charge in [-0.15, -0.1) is 0 Å². The van der Waals surface area contributed by atoms with Crippen molar-refractivity contribution >= 4 is 5.97 Å². The third-order valence-corrected chi connectivity index (χ3v) is 3.31. The van der Waals surface area contributed by atoms with Crippen LogP contribution in [0.5, 0.6) is 0 Å². The molecule has 1 rings (SSSR count). The number of benzene rings is 1. The Bertz CT molecular complexity index is 496. The Morgan fingerprint density at radius 1 is 1.30 bits per heavy atom. The Balaban J connectivity index is 2.93. The summed E-state index contributed by atoms with van der Waals surface area (Å²) in [6.45, 7) is 6.87. The Labute approximate surface area is 118 Å².